The van der Waals surface area contributed by atoms with Gasteiger partial charge < -0.3 is 10.0 Å². The molecule has 98 valence electrons. The van der Waals surface area contributed by atoms with Gasteiger partial charge in [0.15, 0.2) is 0 Å². The molecular weight excluding hydrogens is 228 g/mol. The van der Waals surface area contributed by atoms with Crippen molar-refractivity contribution >= 4 is 11.6 Å². The highest BCUT2D eigenvalue weighted by Gasteiger charge is 2.32. The fourth-order valence-corrected chi connectivity index (χ4v) is 2.41. The van der Waals surface area contributed by atoms with Crippen LogP contribution in [-0.2, 0) is 4.79 Å². The van der Waals surface area contributed by atoms with Gasteiger partial charge in [-0.3, -0.25) is 9.69 Å². The summed E-state index contributed by atoms with van der Waals surface area (Å²) >= 11 is 0. The Morgan fingerprint density at radius 2 is 2.17 bits per heavy atom. The van der Waals surface area contributed by atoms with Crippen LogP contribution in [0.1, 0.15) is 12.0 Å². The SMILES string of the molecule is Cc1cccc(N2CCN(C)C(CCO)C2=O)c1. The first-order chi connectivity index (χ1) is 8.63. The molecule has 0 aliphatic carbocycles. The molecule has 0 aromatic heterocycles. The van der Waals surface area contributed by atoms with Crippen LogP contribution in [0.5, 0.6) is 0 Å². The summed E-state index contributed by atoms with van der Waals surface area (Å²) in [6, 6.07) is 7.78. The number of aliphatic hydroxyl groups is 1. The summed E-state index contributed by atoms with van der Waals surface area (Å²) in [6.07, 6.45) is 0.498. The fraction of sp³-hybridized carbons (Fsp3) is 0.500. The second kappa shape index (κ2) is 5.50. The van der Waals surface area contributed by atoms with E-state index in [1.54, 1.807) is 0 Å². The highest BCUT2D eigenvalue weighted by Crippen LogP contribution is 2.21. The Morgan fingerprint density at radius 3 is 2.83 bits per heavy atom. The van der Waals surface area contributed by atoms with Crippen LogP contribution in [0, 0.1) is 6.92 Å². The number of likely N-dealkylation sites (N-methyl/N-ethyl adjacent to an activating group) is 1. The Bertz CT molecular complexity index is 434. The number of carbonyl (C=O) groups excluding carboxylic acids is 1. The van der Waals surface area contributed by atoms with Gasteiger partial charge in [0, 0.05) is 25.4 Å². The topological polar surface area (TPSA) is 43.8 Å². The van der Waals surface area contributed by atoms with Crippen LogP contribution >= 0.6 is 0 Å². The van der Waals surface area contributed by atoms with Gasteiger partial charge in [-0.05, 0) is 38.1 Å². The minimum Gasteiger partial charge on any atom is -0.396 e. The molecule has 4 nitrogen and oxygen atoms in total. The largest absolute Gasteiger partial charge is 0.396 e. The molecule has 0 bridgehead atoms. The van der Waals surface area contributed by atoms with Gasteiger partial charge in [-0.2, -0.15) is 0 Å². The lowest BCUT2D eigenvalue weighted by atomic mass is 10.1. The average molecular weight is 248 g/mol. The van der Waals surface area contributed by atoms with Gasteiger partial charge in [0.2, 0.25) is 5.91 Å². The van der Waals surface area contributed by atoms with Gasteiger partial charge in [0.05, 0.1) is 6.04 Å². The normalized spacial score (nSPS) is 21.4. The van der Waals surface area contributed by atoms with Crippen molar-refractivity contribution in [3.63, 3.8) is 0 Å². The molecule has 1 N–H and O–H groups in total. The first-order valence-electron chi connectivity index (χ1n) is 6.32. The van der Waals surface area contributed by atoms with Crippen LogP contribution in [-0.4, -0.2) is 48.7 Å². The molecule has 0 spiro atoms. The number of benzene rings is 1. The van der Waals surface area contributed by atoms with E-state index in [2.05, 4.69) is 0 Å². The van der Waals surface area contributed by atoms with Gasteiger partial charge in [0.1, 0.15) is 0 Å². The summed E-state index contributed by atoms with van der Waals surface area (Å²) in [4.78, 5) is 16.3. The second-order valence-corrected chi connectivity index (χ2v) is 4.84. The Morgan fingerprint density at radius 1 is 1.39 bits per heavy atom. The van der Waals surface area contributed by atoms with Crippen LogP contribution in [0.4, 0.5) is 5.69 Å². The number of hydrogen-bond donors (Lipinski definition) is 1. The number of hydrogen-bond acceptors (Lipinski definition) is 3. The van der Waals surface area contributed by atoms with Crippen LogP contribution in [0.25, 0.3) is 0 Å². The molecule has 0 saturated carbocycles. The molecule has 18 heavy (non-hydrogen) atoms. The lowest BCUT2D eigenvalue weighted by molar-refractivity contribution is -0.125. The fourth-order valence-electron chi connectivity index (χ4n) is 2.41. The van der Waals surface area contributed by atoms with E-state index in [9.17, 15) is 4.79 Å². The van der Waals surface area contributed by atoms with E-state index in [4.69, 9.17) is 5.11 Å². The summed E-state index contributed by atoms with van der Waals surface area (Å²) in [5.74, 6) is 0.0865. The molecule has 1 aliphatic rings. The quantitative estimate of drug-likeness (QED) is 0.868. The minimum atomic E-state index is -0.204. The monoisotopic (exact) mass is 248 g/mol. The maximum atomic E-state index is 12.4. The van der Waals surface area contributed by atoms with Crippen molar-refractivity contribution in [2.75, 3.05) is 31.6 Å². The van der Waals surface area contributed by atoms with Gasteiger partial charge >= 0.3 is 0 Å². The average Bonchev–Trinajstić information content (AvgIpc) is 2.34. The van der Waals surface area contributed by atoms with Crippen molar-refractivity contribution < 1.29 is 9.90 Å². The highest BCUT2D eigenvalue weighted by atomic mass is 16.3. The summed E-state index contributed by atoms with van der Waals surface area (Å²) < 4.78 is 0. The molecule has 1 heterocycles. The number of aliphatic hydroxyl groups excluding tert-OH is 1. The van der Waals surface area contributed by atoms with E-state index in [1.165, 1.54) is 0 Å². The number of piperazine rings is 1. The number of carbonyl (C=O) groups is 1. The second-order valence-electron chi connectivity index (χ2n) is 4.84. The lowest BCUT2D eigenvalue weighted by Gasteiger charge is -2.38. The molecule has 1 amide bonds. The maximum Gasteiger partial charge on any atom is 0.244 e. The van der Waals surface area contributed by atoms with E-state index >= 15 is 0 Å². The van der Waals surface area contributed by atoms with E-state index in [0.717, 1.165) is 17.8 Å². The van der Waals surface area contributed by atoms with Crippen molar-refractivity contribution in [2.45, 2.75) is 19.4 Å². The van der Waals surface area contributed by atoms with Crippen molar-refractivity contribution in [1.29, 1.82) is 0 Å². The summed E-state index contributed by atoms with van der Waals surface area (Å²) in [6.45, 7) is 3.61. The third-order valence-electron chi connectivity index (χ3n) is 3.48. The summed E-state index contributed by atoms with van der Waals surface area (Å²) in [5.41, 5.74) is 2.11. The van der Waals surface area contributed by atoms with Crippen LogP contribution < -0.4 is 4.90 Å². The predicted molar refractivity (Wildman–Crippen MR) is 71.7 cm³/mol. The number of nitrogens with zero attached hydrogens (tertiary/aromatic N) is 2. The first kappa shape index (κ1) is 13.1. The minimum absolute atomic E-state index is 0.0441. The third-order valence-corrected chi connectivity index (χ3v) is 3.48. The van der Waals surface area contributed by atoms with Crippen molar-refractivity contribution in [1.82, 2.24) is 4.90 Å². The lowest BCUT2D eigenvalue weighted by Crippen LogP contribution is -2.56. The Labute approximate surface area is 108 Å². The number of aryl methyl sites for hydroxylation is 1. The predicted octanol–water partition coefficient (Wildman–Crippen LogP) is 1.02. The molecule has 4 heteroatoms. The van der Waals surface area contributed by atoms with Crippen molar-refractivity contribution in [3.8, 4) is 0 Å². The molecule has 1 atom stereocenters. The van der Waals surface area contributed by atoms with Crippen LogP contribution in [0.3, 0.4) is 0 Å². The zero-order valence-corrected chi connectivity index (χ0v) is 11.0. The number of amides is 1. The van der Waals surface area contributed by atoms with Crippen LogP contribution in [0.15, 0.2) is 24.3 Å². The number of rotatable bonds is 3. The molecule has 1 aliphatic heterocycles. The molecule has 1 aromatic carbocycles. The van der Waals surface area contributed by atoms with E-state index in [0.29, 0.717) is 13.0 Å². The van der Waals surface area contributed by atoms with E-state index in [1.807, 2.05) is 48.0 Å². The van der Waals surface area contributed by atoms with Gasteiger partial charge in [-0.25, -0.2) is 0 Å². The Balaban J connectivity index is 2.21. The maximum absolute atomic E-state index is 12.4. The Kier molecular flexibility index (Phi) is 3.99. The highest BCUT2D eigenvalue weighted by molar-refractivity contribution is 5.98. The molecule has 1 unspecified atom stereocenters. The van der Waals surface area contributed by atoms with E-state index < -0.39 is 0 Å². The molecule has 1 fully saturated rings. The summed E-state index contributed by atoms with van der Waals surface area (Å²) in [5, 5.41) is 9.06. The third kappa shape index (κ3) is 2.54. The van der Waals surface area contributed by atoms with Gasteiger partial charge in [0.25, 0.3) is 0 Å². The summed E-state index contributed by atoms with van der Waals surface area (Å²) in [7, 11) is 1.94. The zero-order chi connectivity index (χ0) is 13.1. The van der Waals surface area contributed by atoms with Gasteiger partial charge in [-0.15, -0.1) is 0 Å². The standard InChI is InChI=1S/C14H20N2O2/c1-11-4-3-5-12(10-11)16-8-7-15(2)13(6-9-17)14(16)18/h3-5,10,13,17H,6-9H2,1-2H3. The molecule has 0 radical (unpaired) electrons. The van der Waals surface area contributed by atoms with E-state index in [-0.39, 0.29) is 18.6 Å². The van der Waals surface area contributed by atoms with Gasteiger partial charge in [-0.1, -0.05) is 12.1 Å². The molecule has 1 saturated heterocycles. The van der Waals surface area contributed by atoms with Crippen molar-refractivity contribution in [2.24, 2.45) is 0 Å². The molecular formula is C14H20N2O2. The molecule has 2 rings (SSSR count). The smallest absolute Gasteiger partial charge is 0.244 e. The number of anilines is 1. The zero-order valence-electron chi connectivity index (χ0n) is 11.0. The first-order valence-corrected chi connectivity index (χ1v) is 6.32. The molecule has 1 aromatic rings. The Hall–Kier alpha value is -1.39. The van der Waals surface area contributed by atoms with Crippen LogP contribution in [0.2, 0.25) is 0 Å². The van der Waals surface area contributed by atoms with Crippen molar-refractivity contribution in [3.05, 3.63) is 29.8 Å².